The number of nitrogens with zero attached hydrogens (tertiary/aromatic N) is 5. The minimum absolute atomic E-state index is 0.174. The average molecular weight is 424 g/mol. The van der Waals surface area contributed by atoms with Crippen LogP contribution in [0.1, 0.15) is 47.2 Å². The molecule has 1 fully saturated rings. The molecule has 0 N–H and O–H groups in total. The van der Waals surface area contributed by atoms with Crippen molar-refractivity contribution in [3.05, 3.63) is 89.1 Å². The predicted molar refractivity (Wildman–Crippen MR) is 122 cm³/mol. The SMILES string of the molecule is Cc1ccc(C2(c3ccc(N4CCc5cnc(-c6ncon6)nc5C4)cc3)CCC2)cc1. The van der Waals surface area contributed by atoms with Gasteiger partial charge in [-0.05, 0) is 55.0 Å². The van der Waals surface area contributed by atoms with Crippen LogP contribution in [0.15, 0.2) is 65.6 Å². The van der Waals surface area contributed by atoms with Crippen molar-refractivity contribution in [1.29, 1.82) is 0 Å². The zero-order valence-electron chi connectivity index (χ0n) is 18.2. The summed E-state index contributed by atoms with van der Waals surface area (Å²) in [6, 6.07) is 18.3. The minimum Gasteiger partial charge on any atom is -0.365 e. The molecule has 2 aliphatic rings. The lowest BCUT2D eigenvalue weighted by molar-refractivity contribution is 0.301. The topological polar surface area (TPSA) is 67.9 Å². The molecule has 160 valence electrons. The molecular weight excluding hydrogens is 398 g/mol. The van der Waals surface area contributed by atoms with Gasteiger partial charge >= 0.3 is 0 Å². The number of aromatic nitrogens is 4. The molecule has 6 rings (SSSR count). The lowest BCUT2D eigenvalue weighted by Gasteiger charge is -2.43. The largest absolute Gasteiger partial charge is 0.365 e. The number of aryl methyl sites for hydroxylation is 1. The minimum atomic E-state index is 0.174. The van der Waals surface area contributed by atoms with Crippen molar-refractivity contribution in [3.8, 4) is 11.6 Å². The molecule has 0 bridgehead atoms. The molecule has 6 heteroatoms. The summed E-state index contributed by atoms with van der Waals surface area (Å²) in [5.74, 6) is 0.941. The van der Waals surface area contributed by atoms with E-state index in [0.717, 1.165) is 25.2 Å². The third-order valence-electron chi connectivity index (χ3n) is 7.10. The molecule has 32 heavy (non-hydrogen) atoms. The first-order chi connectivity index (χ1) is 15.7. The molecule has 4 aromatic rings. The van der Waals surface area contributed by atoms with Crippen molar-refractivity contribution in [3.63, 3.8) is 0 Å². The molecule has 1 aliphatic heterocycles. The van der Waals surface area contributed by atoms with E-state index in [9.17, 15) is 0 Å². The van der Waals surface area contributed by atoms with Crippen LogP contribution in [0.2, 0.25) is 0 Å². The maximum Gasteiger partial charge on any atom is 0.239 e. The fourth-order valence-corrected chi connectivity index (χ4v) is 5.04. The van der Waals surface area contributed by atoms with Crippen molar-refractivity contribution in [2.75, 3.05) is 11.4 Å². The summed E-state index contributed by atoms with van der Waals surface area (Å²) in [7, 11) is 0. The van der Waals surface area contributed by atoms with Crippen LogP contribution in [0, 0.1) is 6.92 Å². The lowest BCUT2D eigenvalue weighted by Crippen LogP contribution is -2.35. The Kier molecular flexibility index (Phi) is 4.52. The highest BCUT2D eigenvalue weighted by Gasteiger charge is 2.40. The van der Waals surface area contributed by atoms with Gasteiger partial charge in [0.2, 0.25) is 18.0 Å². The van der Waals surface area contributed by atoms with E-state index >= 15 is 0 Å². The van der Waals surface area contributed by atoms with Gasteiger partial charge < -0.3 is 9.42 Å². The highest BCUT2D eigenvalue weighted by molar-refractivity contribution is 5.53. The predicted octanol–water partition coefficient (Wildman–Crippen LogP) is 4.87. The van der Waals surface area contributed by atoms with E-state index in [4.69, 9.17) is 9.51 Å². The Bertz CT molecular complexity index is 1230. The Labute approximate surface area is 187 Å². The molecule has 0 amide bonds. The zero-order valence-corrected chi connectivity index (χ0v) is 18.2. The summed E-state index contributed by atoms with van der Waals surface area (Å²) >= 11 is 0. The van der Waals surface area contributed by atoms with E-state index in [1.54, 1.807) is 0 Å². The number of fused-ring (bicyclic) bond motifs is 1. The molecule has 3 heterocycles. The molecular formula is C26H25N5O. The fourth-order valence-electron chi connectivity index (χ4n) is 5.04. The molecule has 0 radical (unpaired) electrons. The highest BCUT2D eigenvalue weighted by Crippen LogP contribution is 2.49. The van der Waals surface area contributed by atoms with Crippen LogP contribution in [0.25, 0.3) is 11.6 Å². The maximum atomic E-state index is 4.84. The second kappa shape index (κ2) is 7.55. The summed E-state index contributed by atoms with van der Waals surface area (Å²) in [5.41, 5.74) is 7.82. The van der Waals surface area contributed by atoms with E-state index < -0.39 is 0 Å². The summed E-state index contributed by atoms with van der Waals surface area (Å²) in [6.07, 6.45) is 7.87. The summed E-state index contributed by atoms with van der Waals surface area (Å²) < 4.78 is 4.84. The van der Waals surface area contributed by atoms with Gasteiger partial charge in [-0.1, -0.05) is 53.5 Å². The van der Waals surface area contributed by atoms with Crippen LogP contribution in [-0.2, 0) is 18.4 Å². The Balaban J connectivity index is 1.25. The van der Waals surface area contributed by atoms with Gasteiger partial charge in [-0.3, -0.25) is 0 Å². The van der Waals surface area contributed by atoms with Crippen molar-refractivity contribution in [1.82, 2.24) is 20.1 Å². The molecule has 6 nitrogen and oxygen atoms in total. The molecule has 0 spiro atoms. The number of hydrogen-bond donors (Lipinski definition) is 0. The van der Waals surface area contributed by atoms with Gasteiger partial charge in [0.05, 0.1) is 12.2 Å². The van der Waals surface area contributed by atoms with Crippen LogP contribution < -0.4 is 4.90 Å². The van der Waals surface area contributed by atoms with Gasteiger partial charge in [0.15, 0.2) is 0 Å². The lowest BCUT2D eigenvalue weighted by atomic mass is 9.60. The summed E-state index contributed by atoms with van der Waals surface area (Å²) in [5, 5.41) is 3.86. The summed E-state index contributed by atoms with van der Waals surface area (Å²) in [4.78, 5) is 15.6. The van der Waals surface area contributed by atoms with Gasteiger partial charge in [-0.2, -0.15) is 4.98 Å². The Hall–Kier alpha value is -3.54. The van der Waals surface area contributed by atoms with Crippen LogP contribution >= 0.6 is 0 Å². The van der Waals surface area contributed by atoms with Gasteiger partial charge in [0.1, 0.15) is 0 Å². The van der Waals surface area contributed by atoms with E-state index in [-0.39, 0.29) is 5.41 Å². The molecule has 0 atom stereocenters. The second-order valence-corrected chi connectivity index (χ2v) is 8.94. The first-order valence-corrected chi connectivity index (χ1v) is 11.3. The first kappa shape index (κ1) is 19.2. The molecule has 1 aliphatic carbocycles. The third kappa shape index (κ3) is 3.18. The number of hydrogen-bond acceptors (Lipinski definition) is 6. The molecule has 1 saturated carbocycles. The van der Waals surface area contributed by atoms with E-state index in [1.807, 2.05) is 6.20 Å². The van der Waals surface area contributed by atoms with Gasteiger partial charge in [-0.15, -0.1) is 0 Å². The van der Waals surface area contributed by atoms with Crippen LogP contribution in [-0.4, -0.2) is 26.7 Å². The van der Waals surface area contributed by atoms with Gasteiger partial charge in [0.25, 0.3) is 0 Å². The maximum absolute atomic E-state index is 4.84. The number of benzene rings is 2. The number of rotatable bonds is 4. The molecule has 2 aromatic carbocycles. The smallest absolute Gasteiger partial charge is 0.239 e. The van der Waals surface area contributed by atoms with Crippen molar-refractivity contribution < 1.29 is 4.52 Å². The summed E-state index contributed by atoms with van der Waals surface area (Å²) in [6.45, 7) is 3.87. The Morgan fingerprint density at radius 2 is 1.66 bits per heavy atom. The molecule has 2 aromatic heterocycles. The van der Waals surface area contributed by atoms with Crippen molar-refractivity contribution >= 4 is 5.69 Å². The second-order valence-electron chi connectivity index (χ2n) is 8.94. The quantitative estimate of drug-likeness (QED) is 0.467. The highest BCUT2D eigenvalue weighted by atomic mass is 16.5. The zero-order chi connectivity index (χ0) is 21.5. The van der Waals surface area contributed by atoms with E-state index in [2.05, 4.69) is 75.5 Å². The Morgan fingerprint density at radius 1 is 0.906 bits per heavy atom. The van der Waals surface area contributed by atoms with Crippen LogP contribution in [0.4, 0.5) is 5.69 Å². The monoisotopic (exact) mass is 423 g/mol. The average Bonchev–Trinajstić information content (AvgIpc) is 3.34. The molecule has 0 unspecified atom stereocenters. The fraction of sp³-hybridized carbons (Fsp3) is 0.308. The van der Waals surface area contributed by atoms with Gasteiger partial charge in [0, 0.05) is 23.8 Å². The first-order valence-electron chi connectivity index (χ1n) is 11.3. The van der Waals surface area contributed by atoms with Crippen molar-refractivity contribution in [2.45, 2.75) is 44.6 Å². The van der Waals surface area contributed by atoms with E-state index in [0.29, 0.717) is 11.6 Å². The van der Waals surface area contributed by atoms with Crippen molar-refractivity contribution in [2.24, 2.45) is 0 Å². The van der Waals surface area contributed by atoms with Crippen LogP contribution in [0.3, 0.4) is 0 Å². The Morgan fingerprint density at radius 3 is 2.31 bits per heavy atom. The van der Waals surface area contributed by atoms with Gasteiger partial charge in [-0.25, -0.2) is 9.97 Å². The standard InChI is InChI=1S/C26H25N5O/c1-18-3-5-20(6-4-18)26(12-2-13-26)21-7-9-22(10-8-21)31-14-11-19-15-27-24(29-23(19)16-31)25-28-17-32-30-25/h3-10,15,17H,2,11-14,16H2,1H3. The van der Waals surface area contributed by atoms with E-state index in [1.165, 1.54) is 53.6 Å². The third-order valence-corrected chi connectivity index (χ3v) is 7.10. The number of anilines is 1. The molecule has 0 saturated heterocycles. The normalized spacial score (nSPS) is 17.0. The van der Waals surface area contributed by atoms with Crippen LogP contribution in [0.5, 0.6) is 0 Å².